The second-order valence-electron chi connectivity index (χ2n) is 4.97. The summed E-state index contributed by atoms with van der Waals surface area (Å²) < 4.78 is 5.26. The molecule has 2 aromatic carbocycles. The number of nitrogens with two attached hydrogens (primary N) is 1. The predicted octanol–water partition coefficient (Wildman–Crippen LogP) is 3.31. The smallest absolute Gasteiger partial charge is 0.119 e. The summed E-state index contributed by atoms with van der Waals surface area (Å²) >= 11 is 0. The van der Waals surface area contributed by atoms with E-state index in [1.807, 2.05) is 12.1 Å². The maximum atomic E-state index is 6.25. The highest BCUT2D eigenvalue weighted by Crippen LogP contribution is 2.43. The number of ether oxygens (including phenoxy) is 1. The minimum atomic E-state index is -0.0745. The maximum absolute atomic E-state index is 6.25. The van der Waals surface area contributed by atoms with Crippen molar-refractivity contribution in [2.75, 3.05) is 7.11 Å². The van der Waals surface area contributed by atoms with Gasteiger partial charge in [-0.3, -0.25) is 0 Å². The lowest BCUT2D eigenvalue weighted by atomic mass is 9.98. The Hall–Kier alpha value is -1.80. The normalized spacial score (nSPS) is 16.3. The lowest BCUT2D eigenvalue weighted by molar-refractivity contribution is 0.415. The molecule has 1 aliphatic carbocycles. The summed E-state index contributed by atoms with van der Waals surface area (Å²) in [6, 6.07) is 16.6. The zero-order chi connectivity index (χ0) is 12.6. The van der Waals surface area contributed by atoms with E-state index < -0.39 is 0 Å². The van der Waals surface area contributed by atoms with Gasteiger partial charge in [-0.15, -0.1) is 0 Å². The molecule has 2 N–H and O–H groups in total. The number of methoxy groups -OCH3 is 1. The Morgan fingerprint density at radius 2 is 1.67 bits per heavy atom. The first-order chi connectivity index (χ1) is 8.71. The van der Waals surface area contributed by atoms with Gasteiger partial charge in [0.25, 0.3) is 0 Å². The number of rotatable bonds is 3. The standard InChI is InChI=1S/C16H17NO/c1-18-15-7-3-5-13(11-15)12-4-2-6-14(10-12)16(17)8-9-16/h2-7,10-11H,8-9,17H2,1H3. The van der Waals surface area contributed by atoms with Crippen molar-refractivity contribution in [1.82, 2.24) is 0 Å². The summed E-state index contributed by atoms with van der Waals surface area (Å²) in [6.45, 7) is 0. The molecule has 0 bridgehead atoms. The molecule has 0 aromatic heterocycles. The van der Waals surface area contributed by atoms with Crippen LogP contribution in [0.15, 0.2) is 48.5 Å². The van der Waals surface area contributed by atoms with E-state index >= 15 is 0 Å². The van der Waals surface area contributed by atoms with E-state index in [9.17, 15) is 0 Å². The minimum absolute atomic E-state index is 0.0745. The molecule has 18 heavy (non-hydrogen) atoms. The molecule has 0 heterocycles. The molecule has 92 valence electrons. The third-order valence-corrected chi connectivity index (χ3v) is 3.63. The zero-order valence-corrected chi connectivity index (χ0v) is 10.5. The minimum Gasteiger partial charge on any atom is -0.497 e. The molecule has 0 aliphatic heterocycles. The van der Waals surface area contributed by atoms with Crippen LogP contribution in [-0.2, 0) is 5.54 Å². The van der Waals surface area contributed by atoms with Crippen LogP contribution in [-0.4, -0.2) is 7.11 Å². The van der Waals surface area contributed by atoms with Crippen molar-refractivity contribution in [2.24, 2.45) is 5.73 Å². The van der Waals surface area contributed by atoms with Crippen molar-refractivity contribution in [3.8, 4) is 16.9 Å². The first-order valence-electron chi connectivity index (χ1n) is 6.25. The van der Waals surface area contributed by atoms with Gasteiger partial charge >= 0.3 is 0 Å². The lowest BCUT2D eigenvalue weighted by Crippen LogP contribution is -2.18. The van der Waals surface area contributed by atoms with Crippen LogP contribution in [0.2, 0.25) is 0 Å². The Labute approximate surface area is 107 Å². The fourth-order valence-corrected chi connectivity index (χ4v) is 2.23. The Bertz CT molecular complexity index is 573. The largest absolute Gasteiger partial charge is 0.497 e. The Balaban J connectivity index is 2.00. The summed E-state index contributed by atoms with van der Waals surface area (Å²) in [4.78, 5) is 0. The van der Waals surface area contributed by atoms with Crippen LogP contribution < -0.4 is 10.5 Å². The third-order valence-electron chi connectivity index (χ3n) is 3.63. The third kappa shape index (κ3) is 2.00. The topological polar surface area (TPSA) is 35.2 Å². The van der Waals surface area contributed by atoms with Crippen LogP contribution in [0.5, 0.6) is 5.75 Å². The van der Waals surface area contributed by atoms with Crippen molar-refractivity contribution in [1.29, 1.82) is 0 Å². The lowest BCUT2D eigenvalue weighted by Gasteiger charge is -2.11. The highest BCUT2D eigenvalue weighted by molar-refractivity contribution is 5.66. The zero-order valence-electron chi connectivity index (χ0n) is 10.5. The number of hydrogen-bond acceptors (Lipinski definition) is 2. The summed E-state index contributed by atoms with van der Waals surface area (Å²) in [6.07, 6.45) is 2.18. The Morgan fingerprint density at radius 3 is 2.33 bits per heavy atom. The van der Waals surface area contributed by atoms with E-state index in [4.69, 9.17) is 10.5 Å². The highest BCUT2D eigenvalue weighted by Gasteiger charge is 2.39. The molecule has 2 aromatic rings. The van der Waals surface area contributed by atoms with Crippen LogP contribution in [0.4, 0.5) is 0 Å². The molecule has 2 heteroatoms. The summed E-state index contributed by atoms with van der Waals surface area (Å²) in [5.74, 6) is 0.881. The highest BCUT2D eigenvalue weighted by atomic mass is 16.5. The second kappa shape index (κ2) is 4.14. The fraction of sp³-hybridized carbons (Fsp3) is 0.250. The summed E-state index contributed by atoms with van der Waals surface area (Å²) in [7, 11) is 1.69. The van der Waals surface area contributed by atoms with Gasteiger partial charge in [0.2, 0.25) is 0 Å². The van der Waals surface area contributed by atoms with Crippen LogP contribution in [0, 0.1) is 0 Å². The van der Waals surface area contributed by atoms with E-state index in [1.165, 1.54) is 16.7 Å². The average Bonchev–Trinajstić information content (AvgIpc) is 3.18. The number of benzene rings is 2. The molecule has 0 amide bonds. The van der Waals surface area contributed by atoms with Gasteiger partial charge < -0.3 is 10.5 Å². The molecule has 0 spiro atoms. The van der Waals surface area contributed by atoms with Gasteiger partial charge in [-0.1, -0.05) is 30.3 Å². The second-order valence-corrected chi connectivity index (χ2v) is 4.97. The summed E-state index contributed by atoms with van der Waals surface area (Å²) in [5.41, 5.74) is 9.77. The molecule has 0 radical (unpaired) electrons. The van der Waals surface area contributed by atoms with E-state index in [0.717, 1.165) is 18.6 Å². The molecule has 0 unspecified atom stereocenters. The van der Waals surface area contributed by atoms with Crippen LogP contribution >= 0.6 is 0 Å². The van der Waals surface area contributed by atoms with Crippen LogP contribution in [0.25, 0.3) is 11.1 Å². The van der Waals surface area contributed by atoms with Gasteiger partial charge in [-0.25, -0.2) is 0 Å². The first kappa shape index (κ1) is 11.3. The fourth-order valence-electron chi connectivity index (χ4n) is 2.23. The van der Waals surface area contributed by atoms with Crippen molar-refractivity contribution in [2.45, 2.75) is 18.4 Å². The van der Waals surface area contributed by atoms with Crippen molar-refractivity contribution in [3.63, 3.8) is 0 Å². The van der Waals surface area contributed by atoms with Crippen molar-refractivity contribution >= 4 is 0 Å². The van der Waals surface area contributed by atoms with Gasteiger partial charge in [0.1, 0.15) is 5.75 Å². The molecule has 1 fully saturated rings. The van der Waals surface area contributed by atoms with Crippen LogP contribution in [0.1, 0.15) is 18.4 Å². The van der Waals surface area contributed by atoms with Crippen LogP contribution in [0.3, 0.4) is 0 Å². The molecule has 0 saturated heterocycles. The molecule has 0 atom stereocenters. The van der Waals surface area contributed by atoms with Gasteiger partial charge in [-0.2, -0.15) is 0 Å². The molecule has 1 saturated carbocycles. The SMILES string of the molecule is COc1cccc(-c2cccc(C3(N)CC3)c2)c1. The van der Waals surface area contributed by atoms with E-state index in [2.05, 4.69) is 36.4 Å². The molecular formula is C16H17NO. The molecule has 3 rings (SSSR count). The van der Waals surface area contributed by atoms with Gasteiger partial charge in [-0.05, 0) is 47.7 Å². The van der Waals surface area contributed by atoms with Gasteiger partial charge in [0.05, 0.1) is 7.11 Å². The van der Waals surface area contributed by atoms with E-state index in [1.54, 1.807) is 7.11 Å². The molecule has 1 aliphatic rings. The van der Waals surface area contributed by atoms with E-state index in [-0.39, 0.29) is 5.54 Å². The first-order valence-corrected chi connectivity index (χ1v) is 6.25. The average molecular weight is 239 g/mol. The van der Waals surface area contributed by atoms with Crippen molar-refractivity contribution in [3.05, 3.63) is 54.1 Å². The van der Waals surface area contributed by atoms with Gasteiger partial charge in [0, 0.05) is 5.54 Å². The molecule has 2 nitrogen and oxygen atoms in total. The molecular weight excluding hydrogens is 222 g/mol. The quantitative estimate of drug-likeness (QED) is 0.891. The van der Waals surface area contributed by atoms with Crippen molar-refractivity contribution < 1.29 is 4.74 Å². The summed E-state index contributed by atoms with van der Waals surface area (Å²) in [5, 5.41) is 0. The predicted molar refractivity (Wildman–Crippen MR) is 73.5 cm³/mol. The Morgan fingerprint density at radius 1 is 1.00 bits per heavy atom. The Kier molecular flexibility index (Phi) is 2.60. The number of hydrogen-bond donors (Lipinski definition) is 1. The monoisotopic (exact) mass is 239 g/mol. The maximum Gasteiger partial charge on any atom is 0.119 e. The van der Waals surface area contributed by atoms with E-state index in [0.29, 0.717) is 0 Å². The van der Waals surface area contributed by atoms with Gasteiger partial charge in [0.15, 0.2) is 0 Å².